The summed E-state index contributed by atoms with van der Waals surface area (Å²) < 4.78 is 7.48. The third kappa shape index (κ3) is 3.85. The molecule has 1 amide bonds. The Morgan fingerprint density at radius 2 is 1.92 bits per heavy atom. The summed E-state index contributed by atoms with van der Waals surface area (Å²) in [6.45, 7) is 5.64. The molecular weight excluding hydrogens is 316 g/mol. The van der Waals surface area contributed by atoms with Crippen molar-refractivity contribution in [3.05, 3.63) is 66.1 Å². The zero-order chi connectivity index (χ0) is 17.8. The third-order valence-corrected chi connectivity index (χ3v) is 3.78. The Labute approximate surface area is 146 Å². The molecule has 0 aliphatic rings. The van der Waals surface area contributed by atoms with Crippen molar-refractivity contribution in [2.45, 2.75) is 26.8 Å². The zero-order valence-corrected chi connectivity index (χ0v) is 14.4. The lowest BCUT2D eigenvalue weighted by Gasteiger charge is -2.16. The Balaban J connectivity index is 1.78. The van der Waals surface area contributed by atoms with Gasteiger partial charge in [-0.15, -0.1) is 0 Å². The van der Waals surface area contributed by atoms with Crippen LogP contribution in [-0.2, 0) is 4.79 Å². The number of anilines is 1. The average Bonchev–Trinajstić information content (AvgIpc) is 2.95. The van der Waals surface area contributed by atoms with Crippen LogP contribution in [0, 0.1) is 13.8 Å². The van der Waals surface area contributed by atoms with Crippen molar-refractivity contribution in [2.24, 2.45) is 0 Å². The van der Waals surface area contributed by atoms with Crippen LogP contribution in [0.1, 0.15) is 24.4 Å². The van der Waals surface area contributed by atoms with Crippen molar-refractivity contribution in [1.82, 2.24) is 14.8 Å². The Hall–Kier alpha value is -3.15. The van der Waals surface area contributed by atoms with Gasteiger partial charge in [0, 0.05) is 11.9 Å². The van der Waals surface area contributed by atoms with E-state index in [0.717, 1.165) is 11.4 Å². The number of aromatic nitrogens is 3. The number of ether oxygens (including phenoxy) is 1. The minimum absolute atomic E-state index is 0.183. The van der Waals surface area contributed by atoms with Gasteiger partial charge in [-0.3, -0.25) is 9.48 Å². The minimum atomic E-state index is -0.446. The van der Waals surface area contributed by atoms with Crippen LogP contribution < -0.4 is 10.1 Å². The van der Waals surface area contributed by atoms with Gasteiger partial charge in [-0.2, -0.15) is 5.10 Å². The fourth-order valence-electron chi connectivity index (χ4n) is 2.55. The number of pyridine rings is 1. The van der Waals surface area contributed by atoms with E-state index in [9.17, 15) is 4.79 Å². The normalized spacial score (nSPS) is 11.8. The number of amides is 1. The van der Waals surface area contributed by atoms with Crippen LogP contribution in [0.3, 0.4) is 0 Å². The van der Waals surface area contributed by atoms with Crippen LogP contribution in [0.5, 0.6) is 11.6 Å². The van der Waals surface area contributed by atoms with Gasteiger partial charge in [-0.25, -0.2) is 4.98 Å². The van der Waals surface area contributed by atoms with Gasteiger partial charge in [0.25, 0.3) is 0 Å². The molecule has 0 unspecified atom stereocenters. The fraction of sp³-hybridized carbons (Fsp3) is 0.211. The topological polar surface area (TPSA) is 69.0 Å². The van der Waals surface area contributed by atoms with Crippen molar-refractivity contribution in [3.8, 4) is 11.6 Å². The van der Waals surface area contributed by atoms with E-state index in [1.54, 1.807) is 23.0 Å². The van der Waals surface area contributed by atoms with Gasteiger partial charge in [-0.05, 0) is 51.1 Å². The largest absolute Gasteiger partial charge is 0.437 e. The molecule has 0 saturated heterocycles. The molecule has 0 saturated carbocycles. The van der Waals surface area contributed by atoms with Crippen LogP contribution in [0.2, 0.25) is 0 Å². The van der Waals surface area contributed by atoms with Gasteiger partial charge in [0.2, 0.25) is 11.8 Å². The van der Waals surface area contributed by atoms with Crippen LogP contribution in [0.4, 0.5) is 5.69 Å². The first-order valence-corrected chi connectivity index (χ1v) is 8.06. The number of hydrogen-bond donors (Lipinski definition) is 1. The number of nitrogens with zero attached hydrogens (tertiary/aromatic N) is 3. The summed E-state index contributed by atoms with van der Waals surface area (Å²) in [7, 11) is 0. The zero-order valence-electron chi connectivity index (χ0n) is 14.4. The predicted molar refractivity (Wildman–Crippen MR) is 95.8 cm³/mol. The lowest BCUT2D eigenvalue weighted by molar-refractivity contribution is -0.119. The summed E-state index contributed by atoms with van der Waals surface area (Å²) in [4.78, 5) is 16.8. The van der Waals surface area contributed by atoms with Crippen molar-refractivity contribution in [1.29, 1.82) is 0 Å². The van der Waals surface area contributed by atoms with Gasteiger partial charge < -0.3 is 10.1 Å². The average molecular weight is 336 g/mol. The van der Waals surface area contributed by atoms with Gasteiger partial charge in [0.1, 0.15) is 17.5 Å². The maximum Gasteiger partial charge on any atom is 0.249 e. The second-order valence-electron chi connectivity index (χ2n) is 5.81. The molecule has 1 atom stereocenters. The first-order chi connectivity index (χ1) is 12.0. The number of rotatable bonds is 5. The monoisotopic (exact) mass is 336 g/mol. The number of carbonyl (C=O) groups is 1. The lowest BCUT2D eigenvalue weighted by atomic mass is 10.3. The van der Waals surface area contributed by atoms with Crippen molar-refractivity contribution < 1.29 is 9.53 Å². The van der Waals surface area contributed by atoms with E-state index in [4.69, 9.17) is 4.74 Å². The van der Waals surface area contributed by atoms with E-state index in [1.165, 1.54) is 0 Å². The molecule has 0 aliphatic heterocycles. The summed E-state index contributed by atoms with van der Waals surface area (Å²) >= 11 is 0. The second-order valence-corrected chi connectivity index (χ2v) is 5.81. The highest BCUT2D eigenvalue weighted by molar-refractivity contribution is 5.94. The molecule has 0 radical (unpaired) electrons. The molecule has 2 heterocycles. The highest BCUT2D eigenvalue weighted by Crippen LogP contribution is 2.27. The van der Waals surface area contributed by atoms with E-state index in [1.807, 2.05) is 57.2 Å². The molecule has 1 N–H and O–H groups in total. The molecule has 0 spiro atoms. The molecule has 3 rings (SSSR count). The molecule has 0 fully saturated rings. The van der Waals surface area contributed by atoms with E-state index in [0.29, 0.717) is 17.3 Å². The number of nitrogens with one attached hydrogen (secondary N) is 1. The molecule has 2 aromatic heterocycles. The van der Waals surface area contributed by atoms with Crippen molar-refractivity contribution >= 4 is 11.6 Å². The molecule has 0 aliphatic carbocycles. The molecule has 3 aromatic rings. The Kier molecular flexibility index (Phi) is 4.79. The maximum absolute atomic E-state index is 12.6. The first-order valence-electron chi connectivity index (χ1n) is 8.06. The van der Waals surface area contributed by atoms with Crippen LogP contribution in [0.25, 0.3) is 0 Å². The molecule has 25 heavy (non-hydrogen) atoms. The molecular formula is C19H20N4O2. The molecule has 6 nitrogen and oxygen atoms in total. The fourth-order valence-corrected chi connectivity index (χ4v) is 2.55. The van der Waals surface area contributed by atoms with Gasteiger partial charge >= 0.3 is 0 Å². The van der Waals surface area contributed by atoms with Gasteiger partial charge in [-0.1, -0.05) is 18.2 Å². The first kappa shape index (κ1) is 16.7. The summed E-state index contributed by atoms with van der Waals surface area (Å²) in [5.74, 6) is 0.822. The predicted octanol–water partition coefficient (Wildman–Crippen LogP) is 3.89. The maximum atomic E-state index is 12.6. The number of hydrogen-bond acceptors (Lipinski definition) is 4. The smallest absolute Gasteiger partial charge is 0.249 e. The second kappa shape index (κ2) is 7.17. The Bertz CT molecular complexity index is 874. The Morgan fingerprint density at radius 1 is 1.16 bits per heavy atom. The van der Waals surface area contributed by atoms with Crippen LogP contribution >= 0.6 is 0 Å². The standard InChI is InChI=1S/C19H20N4O2/c1-13-12-14(2)23(22-13)15(3)18(24)21-17-10-7-11-20-19(17)25-16-8-5-4-6-9-16/h4-12,15H,1-3H3,(H,21,24)/t15-/m0/s1. The third-order valence-electron chi connectivity index (χ3n) is 3.78. The summed E-state index contributed by atoms with van der Waals surface area (Å²) in [6.07, 6.45) is 1.62. The quantitative estimate of drug-likeness (QED) is 0.767. The Morgan fingerprint density at radius 3 is 2.60 bits per heavy atom. The summed E-state index contributed by atoms with van der Waals surface area (Å²) in [5.41, 5.74) is 2.34. The van der Waals surface area contributed by atoms with Crippen LogP contribution in [-0.4, -0.2) is 20.7 Å². The highest BCUT2D eigenvalue weighted by Gasteiger charge is 2.19. The molecule has 1 aromatic carbocycles. The van der Waals surface area contributed by atoms with E-state index < -0.39 is 6.04 Å². The lowest BCUT2D eigenvalue weighted by Crippen LogP contribution is -2.25. The van der Waals surface area contributed by atoms with Gasteiger partial charge in [0.15, 0.2) is 0 Å². The van der Waals surface area contributed by atoms with Crippen molar-refractivity contribution in [3.63, 3.8) is 0 Å². The molecule has 128 valence electrons. The number of carbonyl (C=O) groups excluding carboxylic acids is 1. The number of aryl methyl sites for hydroxylation is 2. The van der Waals surface area contributed by atoms with Crippen LogP contribution in [0.15, 0.2) is 54.7 Å². The summed E-state index contributed by atoms with van der Waals surface area (Å²) in [6, 6.07) is 14.3. The van der Waals surface area contributed by atoms with Gasteiger partial charge in [0.05, 0.1) is 5.69 Å². The molecule has 0 bridgehead atoms. The van der Waals surface area contributed by atoms with E-state index in [2.05, 4.69) is 15.4 Å². The highest BCUT2D eigenvalue weighted by atomic mass is 16.5. The summed E-state index contributed by atoms with van der Waals surface area (Å²) in [5, 5.41) is 7.25. The number of benzene rings is 1. The number of para-hydroxylation sites is 1. The van der Waals surface area contributed by atoms with Crippen molar-refractivity contribution in [2.75, 3.05) is 5.32 Å². The van der Waals surface area contributed by atoms with E-state index in [-0.39, 0.29) is 5.91 Å². The van der Waals surface area contributed by atoms with E-state index >= 15 is 0 Å². The SMILES string of the molecule is Cc1cc(C)n([C@@H](C)C(=O)Nc2cccnc2Oc2ccccc2)n1. The minimum Gasteiger partial charge on any atom is -0.437 e. The molecule has 6 heteroatoms.